The number of aromatic nitrogens is 1. The number of nitrogens with zero attached hydrogens (tertiary/aromatic N) is 2. The van der Waals surface area contributed by atoms with Crippen molar-refractivity contribution in [2.45, 2.75) is 44.8 Å². The third kappa shape index (κ3) is 3.86. The number of ether oxygens (including phenoxy) is 1. The normalized spacial score (nSPS) is 18.1. The van der Waals surface area contributed by atoms with Gasteiger partial charge in [-0.1, -0.05) is 0 Å². The van der Waals surface area contributed by atoms with Crippen LogP contribution < -0.4 is 4.74 Å². The van der Waals surface area contributed by atoms with Crippen LogP contribution in [0.25, 0.3) is 0 Å². The Hall–Kier alpha value is -1.99. The van der Waals surface area contributed by atoms with E-state index < -0.39 is 29.4 Å². The number of pyridine rings is 1. The molecule has 0 aliphatic carbocycles. The zero-order chi connectivity index (χ0) is 17.4. The molecule has 1 amide bonds. The lowest BCUT2D eigenvalue weighted by atomic mass is 9.95. The van der Waals surface area contributed by atoms with Gasteiger partial charge in [0.15, 0.2) is 0 Å². The Morgan fingerprint density at radius 1 is 1.39 bits per heavy atom. The molecule has 0 spiro atoms. The van der Waals surface area contributed by atoms with Crippen LogP contribution >= 0.6 is 0 Å². The van der Waals surface area contributed by atoms with Gasteiger partial charge in [-0.05, 0) is 39.3 Å². The minimum absolute atomic E-state index is 0.0729. The van der Waals surface area contributed by atoms with Gasteiger partial charge in [-0.25, -0.2) is 9.78 Å². The molecule has 0 saturated heterocycles. The first-order valence-electron chi connectivity index (χ1n) is 7.21. The topological polar surface area (TPSA) is 62.7 Å². The van der Waals surface area contributed by atoms with Crippen molar-refractivity contribution in [2.24, 2.45) is 0 Å². The molecule has 1 aromatic rings. The maximum Gasteiger partial charge on any atom is 0.433 e. The van der Waals surface area contributed by atoms with Gasteiger partial charge >= 0.3 is 12.3 Å². The second-order valence-electron chi connectivity index (χ2n) is 6.48. The van der Waals surface area contributed by atoms with Crippen LogP contribution in [0.3, 0.4) is 0 Å². The smallest absolute Gasteiger partial charge is 0.433 e. The second-order valence-corrected chi connectivity index (χ2v) is 6.48. The van der Waals surface area contributed by atoms with Crippen molar-refractivity contribution in [1.82, 2.24) is 9.88 Å². The van der Waals surface area contributed by atoms with E-state index in [4.69, 9.17) is 4.74 Å². The Kier molecular flexibility index (Phi) is 4.45. The number of halogens is 3. The largest absolute Gasteiger partial charge is 0.492 e. The van der Waals surface area contributed by atoms with Gasteiger partial charge in [0.1, 0.15) is 11.4 Å². The van der Waals surface area contributed by atoms with Gasteiger partial charge in [-0.3, -0.25) is 0 Å². The lowest BCUT2D eigenvalue weighted by Gasteiger charge is -2.37. The summed E-state index contributed by atoms with van der Waals surface area (Å²) in [6.07, 6.45) is -5.24. The minimum atomic E-state index is -4.55. The summed E-state index contributed by atoms with van der Waals surface area (Å²) in [6.45, 7) is 5.61. The Labute approximate surface area is 132 Å². The quantitative estimate of drug-likeness (QED) is 0.896. The summed E-state index contributed by atoms with van der Waals surface area (Å²) in [6, 6.07) is 2.12. The van der Waals surface area contributed by atoms with Crippen molar-refractivity contribution in [3.05, 3.63) is 23.5 Å². The van der Waals surface area contributed by atoms with Gasteiger partial charge in [-0.2, -0.15) is 13.2 Å². The van der Waals surface area contributed by atoms with E-state index in [9.17, 15) is 23.1 Å². The highest BCUT2D eigenvalue weighted by atomic mass is 19.4. The molecule has 5 nitrogen and oxygen atoms in total. The van der Waals surface area contributed by atoms with Crippen LogP contribution in [-0.4, -0.2) is 39.8 Å². The number of hydrogen-bond acceptors (Lipinski definition) is 3. The number of rotatable bonds is 2. The van der Waals surface area contributed by atoms with Crippen molar-refractivity contribution >= 4 is 6.09 Å². The minimum Gasteiger partial charge on any atom is -0.492 e. The summed E-state index contributed by atoms with van der Waals surface area (Å²) in [4.78, 5) is 16.4. The molecule has 1 aliphatic rings. The molecule has 1 aliphatic heterocycles. The molecule has 0 bridgehead atoms. The van der Waals surface area contributed by atoms with Crippen LogP contribution in [0.15, 0.2) is 12.1 Å². The summed E-state index contributed by atoms with van der Waals surface area (Å²) in [5.41, 5.74) is -1.49. The molecule has 0 saturated carbocycles. The summed E-state index contributed by atoms with van der Waals surface area (Å²) in [5.74, 6) is -0.148. The van der Waals surface area contributed by atoms with Crippen molar-refractivity contribution < 1.29 is 27.8 Å². The van der Waals surface area contributed by atoms with E-state index in [1.807, 2.05) is 0 Å². The van der Waals surface area contributed by atoms with E-state index in [-0.39, 0.29) is 18.0 Å². The highest BCUT2D eigenvalue weighted by Gasteiger charge is 2.37. The number of amides is 1. The third-order valence-corrected chi connectivity index (χ3v) is 3.73. The van der Waals surface area contributed by atoms with Crippen molar-refractivity contribution in [2.75, 3.05) is 13.2 Å². The number of carboxylic acid groups (broad SMARTS) is 1. The Bertz CT molecular complexity index is 597. The number of carbonyl (C=O) groups is 1. The monoisotopic (exact) mass is 332 g/mol. The van der Waals surface area contributed by atoms with Gasteiger partial charge < -0.3 is 14.7 Å². The third-order valence-electron chi connectivity index (χ3n) is 3.73. The SMILES string of the molecule is CC(C)(C)N(CC1CCOc2ccc(C(F)(F)F)nc21)C(=O)O. The van der Waals surface area contributed by atoms with Crippen molar-refractivity contribution in [1.29, 1.82) is 0 Å². The van der Waals surface area contributed by atoms with Crippen LogP contribution in [0.1, 0.15) is 44.5 Å². The highest BCUT2D eigenvalue weighted by molar-refractivity contribution is 5.66. The number of alkyl halides is 3. The van der Waals surface area contributed by atoms with Gasteiger partial charge in [0.05, 0.1) is 12.3 Å². The molecule has 2 rings (SSSR count). The van der Waals surface area contributed by atoms with Crippen molar-refractivity contribution in [3.8, 4) is 5.75 Å². The molecule has 128 valence electrons. The predicted octanol–water partition coefficient (Wildman–Crippen LogP) is 3.75. The molecular weight excluding hydrogens is 313 g/mol. The molecule has 1 unspecified atom stereocenters. The predicted molar refractivity (Wildman–Crippen MR) is 76.6 cm³/mol. The Balaban J connectivity index is 2.35. The van der Waals surface area contributed by atoms with Gasteiger partial charge in [-0.15, -0.1) is 0 Å². The van der Waals surface area contributed by atoms with E-state index >= 15 is 0 Å². The fourth-order valence-corrected chi connectivity index (χ4v) is 2.52. The van der Waals surface area contributed by atoms with Crippen molar-refractivity contribution in [3.63, 3.8) is 0 Å². The lowest BCUT2D eigenvalue weighted by Crippen LogP contribution is -2.47. The Morgan fingerprint density at radius 2 is 2.04 bits per heavy atom. The molecule has 0 aromatic carbocycles. The van der Waals surface area contributed by atoms with Crippen LogP contribution in [0.4, 0.5) is 18.0 Å². The molecule has 0 fully saturated rings. The maximum atomic E-state index is 12.9. The molecule has 0 radical (unpaired) electrons. The number of fused-ring (bicyclic) bond motifs is 1. The summed E-state index contributed by atoms with van der Waals surface area (Å²) in [7, 11) is 0. The van der Waals surface area contributed by atoms with E-state index in [0.29, 0.717) is 13.0 Å². The first-order valence-corrected chi connectivity index (χ1v) is 7.21. The Morgan fingerprint density at radius 3 is 2.57 bits per heavy atom. The van der Waals surface area contributed by atoms with Gasteiger partial charge in [0.2, 0.25) is 0 Å². The fraction of sp³-hybridized carbons (Fsp3) is 0.600. The zero-order valence-electron chi connectivity index (χ0n) is 13.1. The van der Waals surface area contributed by atoms with Gasteiger partial charge in [0, 0.05) is 18.0 Å². The average Bonchev–Trinajstić information content (AvgIpc) is 2.41. The fourth-order valence-electron chi connectivity index (χ4n) is 2.52. The maximum absolute atomic E-state index is 12.9. The summed E-state index contributed by atoms with van der Waals surface area (Å²) < 4.78 is 43.9. The first-order chi connectivity index (χ1) is 10.5. The van der Waals surface area contributed by atoms with E-state index in [1.165, 1.54) is 11.0 Å². The summed E-state index contributed by atoms with van der Waals surface area (Å²) >= 11 is 0. The average molecular weight is 332 g/mol. The lowest BCUT2D eigenvalue weighted by molar-refractivity contribution is -0.141. The van der Waals surface area contributed by atoms with E-state index in [2.05, 4.69) is 4.98 Å². The van der Waals surface area contributed by atoms with Crippen LogP contribution in [-0.2, 0) is 6.18 Å². The summed E-state index contributed by atoms with van der Waals surface area (Å²) in [5, 5.41) is 9.37. The molecule has 8 heteroatoms. The molecule has 23 heavy (non-hydrogen) atoms. The van der Waals surface area contributed by atoms with E-state index in [0.717, 1.165) is 6.07 Å². The standard InChI is InChI=1S/C15H19F3N2O3/c1-14(2,3)20(13(21)22)8-9-6-7-23-10-4-5-11(15(16,17)18)19-12(9)10/h4-5,9H,6-8H2,1-3H3,(H,21,22). The zero-order valence-corrected chi connectivity index (χ0v) is 13.1. The van der Waals surface area contributed by atoms with Gasteiger partial charge in [0.25, 0.3) is 0 Å². The number of hydrogen-bond donors (Lipinski definition) is 1. The van der Waals surface area contributed by atoms with Crippen LogP contribution in [0.2, 0.25) is 0 Å². The molecule has 1 atom stereocenters. The molecular formula is C15H19F3N2O3. The molecule has 1 aromatic heterocycles. The molecule has 2 heterocycles. The second kappa shape index (κ2) is 5.90. The molecule has 1 N–H and O–H groups in total. The van der Waals surface area contributed by atoms with Crippen LogP contribution in [0, 0.1) is 0 Å². The first kappa shape index (κ1) is 17.4. The highest BCUT2D eigenvalue weighted by Crippen LogP contribution is 2.37. The van der Waals surface area contributed by atoms with Crippen LogP contribution in [0.5, 0.6) is 5.75 Å². The van der Waals surface area contributed by atoms with E-state index in [1.54, 1.807) is 20.8 Å².